The quantitative estimate of drug-likeness (QED) is 0.848. The van der Waals surface area contributed by atoms with Crippen LogP contribution in [0.2, 0.25) is 0 Å². The Morgan fingerprint density at radius 2 is 1.88 bits per heavy atom. The highest BCUT2D eigenvalue weighted by Gasteiger charge is 2.20. The molecule has 0 aliphatic heterocycles. The van der Waals surface area contributed by atoms with Crippen molar-refractivity contribution in [2.75, 3.05) is 6.54 Å². The van der Waals surface area contributed by atoms with Gasteiger partial charge in [-0.2, -0.15) is 0 Å². The summed E-state index contributed by atoms with van der Waals surface area (Å²) >= 11 is 0. The molecule has 0 aliphatic rings. The van der Waals surface area contributed by atoms with Crippen molar-refractivity contribution in [1.29, 1.82) is 0 Å². The van der Waals surface area contributed by atoms with E-state index in [2.05, 4.69) is 0 Å². The first kappa shape index (κ1) is 11.6. The maximum atomic E-state index is 11.2. The van der Waals surface area contributed by atoms with Crippen LogP contribution in [-0.4, -0.2) is 17.6 Å². The van der Waals surface area contributed by atoms with Crippen molar-refractivity contribution in [1.82, 2.24) is 0 Å². The van der Waals surface area contributed by atoms with Crippen LogP contribution in [0.1, 0.15) is 17.0 Å². The number of carbonyl (C=O) groups is 1. The van der Waals surface area contributed by atoms with Gasteiger partial charge in [0.25, 0.3) is 0 Å². The molecule has 0 saturated heterocycles. The molecule has 3 nitrogen and oxygen atoms in total. The van der Waals surface area contributed by atoms with Crippen molar-refractivity contribution < 1.29 is 9.90 Å². The first-order valence-electron chi connectivity index (χ1n) is 5.56. The fourth-order valence-electron chi connectivity index (χ4n) is 2.14. The van der Waals surface area contributed by atoms with Gasteiger partial charge in [-0.25, -0.2) is 0 Å². The zero-order valence-corrected chi connectivity index (χ0v) is 9.68. The van der Waals surface area contributed by atoms with Crippen molar-refractivity contribution in [3.63, 3.8) is 0 Å². The average Bonchev–Trinajstić information content (AvgIpc) is 2.33. The number of hydrogen-bond acceptors (Lipinski definition) is 2. The number of aliphatic carboxylic acids is 1. The molecule has 3 N–H and O–H groups in total. The first-order chi connectivity index (χ1) is 8.15. The largest absolute Gasteiger partial charge is 0.481 e. The van der Waals surface area contributed by atoms with Gasteiger partial charge in [-0.3, -0.25) is 4.79 Å². The molecule has 0 spiro atoms. The SMILES string of the molecule is Cc1ccc(C(CN)C(=O)O)c2ccccc12. The maximum Gasteiger partial charge on any atom is 0.312 e. The molecule has 2 aromatic rings. The van der Waals surface area contributed by atoms with Crippen LogP contribution in [0, 0.1) is 6.92 Å². The summed E-state index contributed by atoms with van der Waals surface area (Å²) < 4.78 is 0. The molecular formula is C14H15NO2. The third-order valence-corrected chi connectivity index (χ3v) is 3.09. The number of carboxylic acids is 1. The Kier molecular flexibility index (Phi) is 3.11. The number of benzene rings is 2. The summed E-state index contributed by atoms with van der Waals surface area (Å²) in [6, 6.07) is 11.6. The van der Waals surface area contributed by atoms with E-state index in [1.165, 1.54) is 0 Å². The van der Waals surface area contributed by atoms with E-state index in [-0.39, 0.29) is 6.54 Å². The monoisotopic (exact) mass is 229 g/mol. The molecule has 2 aromatic carbocycles. The molecule has 1 unspecified atom stereocenters. The van der Waals surface area contributed by atoms with Crippen molar-refractivity contribution in [3.8, 4) is 0 Å². The van der Waals surface area contributed by atoms with Gasteiger partial charge in [0.15, 0.2) is 0 Å². The van der Waals surface area contributed by atoms with Gasteiger partial charge >= 0.3 is 5.97 Å². The van der Waals surface area contributed by atoms with Crippen LogP contribution in [0.3, 0.4) is 0 Å². The zero-order chi connectivity index (χ0) is 12.4. The highest BCUT2D eigenvalue weighted by molar-refractivity contribution is 5.92. The lowest BCUT2D eigenvalue weighted by atomic mass is 9.91. The van der Waals surface area contributed by atoms with E-state index >= 15 is 0 Å². The van der Waals surface area contributed by atoms with Gasteiger partial charge in [0.2, 0.25) is 0 Å². The topological polar surface area (TPSA) is 63.3 Å². The van der Waals surface area contributed by atoms with Crippen LogP contribution in [0.15, 0.2) is 36.4 Å². The van der Waals surface area contributed by atoms with Crippen LogP contribution in [-0.2, 0) is 4.79 Å². The number of carboxylic acid groups (broad SMARTS) is 1. The summed E-state index contributed by atoms with van der Waals surface area (Å²) in [5.41, 5.74) is 7.49. The van der Waals surface area contributed by atoms with E-state index in [1.54, 1.807) is 0 Å². The minimum absolute atomic E-state index is 0.113. The summed E-state index contributed by atoms with van der Waals surface area (Å²) in [6.45, 7) is 2.13. The van der Waals surface area contributed by atoms with Gasteiger partial charge in [-0.15, -0.1) is 0 Å². The summed E-state index contributed by atoms with van der Waals surface area (Å²) in [6.07, 6.45) is 0. The Morgan fingerprint density at radius 3 is 2.47 bits per heavy atom. The summed E-state index contributed by atoms with van der Waals surface area (Å²) in [4.78, 5) is 11.2. The summed E-state index contributed by atoms with van der Waals surface area (Å²) in [7, 11) is 0. The lowest BCUT2D eigenvalue weighted by Crippen LogP contribution is -2.21. The lowest BCUT2D eigenvalue weighted by molar-refractivity contribution is -0.138. The van der Waals surface area contributed by atoms with Crippen LogP contribution in [0.5, 0.6) is 0 Å². The highest BCUT2D eigenvalue weighted by atomic mass is 16.4. The second-order valence-electron chi connectivity index (χ2n) is 4.14. The Balaban J connectivity index is 2.70. The van der Waals surface area contributed by atoms with E-state index in [9.17, 15) is 9.90 Å². The molecule has 0 heterocycles. The van der Waals surface area contributed by atoms with Crippen molar-refractivity contribution >= 4 is 16.7 Å². The Hall–Kier alpha value is -1.87. The number of nitrogens with two attached hydrogens (primary N) is 1. The Labute approximate surface area is 99.9 Å². The van der Waals surface area contributed by atoms with E-state index in [1.807, 2.05) is 43.3 Å². The Bertz CT molecular complexity index is 563. The third-order valence-electron chi connectivity index (χ3n) is 3.09. The fourth-order valence-corrected chi connectivity index (χ4v) is 2.14. The van der Waals surface area contributed by atoms with Crippen molar-refractivity contribution in [3.05, 3.63) is 47.5 Å². The van der Waals surface area contributed by atoms with Gasteiger partial charge in [0, 0.05) is 6.54 Å². The predicted molar refractivity (Wildman–Crippen MR) is 68.1 cm³/mol. The standard InChI is InChI=1S/C14H15NO2/c1-9-6-7-12(13(8-15)14(16)17)11-5-3-2-4-10(9)11/h2-7,13H,8,15H2,1H3,(H,16,17). The third kappa shape index (κ3) is 2.01. The van der Waals surface area contributed by atoms with Gasteiger partial charge in [-0.05, 0) is 28.8 Å². The second-order valence-corrected chi connectivity index (χ2v) is 4.14. The number of hydrogen-bond donors (Lipinski definition) is 2. The molecule has 88 valence electrons. The van der Waals surface area contributed by atoms with Crippen LogP contribution in [0.4, 0.5) is 0 Å². The smallest absolute Gasteiger partial charge is 0.312 e. The highest BCUT2D eigenvalue weighted by Crippen LogP contribution is 2.27. The van der Waals surface area contributed by atoms with Crippen molar-refractivity contribution in [2.24, 2.45) is 5.73 Å². The lowest BCUT2D eigenvalue weighted by Gasteiger charge is -2.14. The normalized spacial score (nSPS) is 12.6. The van der Waals surface area contributed by atoms with E-state index in [0.29, 0.717) is 0 Å². The second kappa shape index (κ2) is 4.55. The maximum absolute atomic E-state index is 11.2. The molecule has 0 saturated carbocycles. The molecule has 17 heavy (non-hydrogen) atoms. The minimum atomic E-state index is -0.874. The number of fused-ring (bicyclic) bond motifs is 1. The first-order valence-corrected chi connectivity index (χ1v) is 5.56. The fraction of sp³-hybridized carbons (Fsp3) is 0.214. The molecule has 0 aliphatic carbocycles. The molecule has 0 fully saturated rings. The van der Waals surface area contributed by atoms with Crippen molar-refractivity contribution in [2.45, 2.75) is 12.8 Å². The molecule has 0 radical (unpaired) electrons. The molecule has 3 heteroatoms. The summed E-state index contributed by atoms with van der Waals surface area (Å²) in [5.74, 6) is -1.51. The molecule has 2 rings (SSSR count). The Morgan fingerprint density at radius 1 is 1.24 bits per heavy atom. The zero-order valence-electron chi connectivity index (χ0n) is 9.68. The molecule has 0 bridgehead atoms. The predicted octanol–water partition coefficient (Wildman–Crippen LogP) is 2.28. The van der Waals surface area contributed by atoms with E-state index in [0.717, 1.165) is 21.9 Å². The molecular weight excluding hydrogens is 214 g/mol. The number of aryl methyl sites for hydroxylation is 1. The summed E-state index contributed by atoms with van der Waals surface area (Å²) in [5, 5.41) is 11.2. The van der Waals surface area contributed by atoms with Crippen LogP contribution >= 0.6 is 0 Å². The molecule has 1 atom stereocenters. The molecule has 0 aromatic heterocycles. The van der Waals surface area contributed by atoms with E-state index in [4.69, 9.17) is 5.73 Å². The molecule has 0 amide bonds. The van der Waals surface area contributed by atoms with E-state index < -0.39 is 11.9 Å². The minimum Gasteiger partial charge on any atom is -0.481 e. The van der Waals surface area contributed by atoms with Crippen LogP contribution < -0.4 is 5.73 Å². The van der Waals surface area contributed by atoms with Gasteiger partial charge < -0.3 is 10.8 Å². The average molecular weight is 229 g/mol. The number of rotatable bonds is 3. The van der Waals surface area contributed by atoms with Gasteiger partial charge in [0.1, 0.15) is 0 Å². The van der Waals surface area contributed by atoms with Gasteiger partial charge in [-0.1, -0.05) is 36.4 Å². The van der Waals surface area contributed by atoms with Crippen LogP contribution in [0.25, 0.3) is 10.8 Å². The van der Waals surface area contributed by atoms with Gasteiger partial charge in [0.05, 0.1) is 5.92 Å².